The van der Waals surface area contributed by atoms with Crippen LogP contribution in [-0.4, -0.2) is 10.5 Å². The summed E-state index contributed by atoms with van der Waals surface area (Å²) in [7, 11) is 0. The first-order valence-electron chi connectivity index (χ1n) is 7.79. The molecule has 0 saturated carbocycles. The first kappa shape index (κ1) is 15.7. The number of hydrogen-bond acceptors (Lipinski definition) is 2. The number of carbonyl (C=O) groups is 1. The van der Waals surface area contributed by atoms with Gasteiger partial charge in [0.15, 0.2) is 0 Å². The maximum Gasteiger partial charge on any atom is 0.255 e. The van der Waals surface area contributed by atoms with E-state index in [2.05, 4.69) is 5.32 Å². The Morgan fingerprint density at radius 1 is 0.917 bits per heavy atom. The summed E-state index contributed by atoms with van der Waals surface area (Å²) in [4.78, 5) is 24.6. The average molecular weight is 318 g/mol. The minimum absolute atomic E-state index is 0.115. The molecular formula is C20H18N2O2. The third-order valence-electron chi connectivity index (χ3n) is 3.85. The van der Waals surface area contributed by atoms with E-state index in [0.29, 0.717) is 5.56 Å². The van der Waals surface area contributed by atoms with E-state index in [-0.39, 0.29) is 17.5 Å². The lowest BCUT2D eigenvalue weighted by Gasteiger charge is -2.15. The Bertz CT molecular complexity index is 886. The van der Waals surface area contributed by atoms with Crippen molar-refractivity contribution < 1.29 is 4.79 Å². The van der Waals surface area contributed by atoms with E-state index in [4.69, 9.17) is 0 Å². The van der Waals surface area contributed by atoms with Crippen LogP contribution in [0.1, 0.15) is 28.9 Å². The monoisotopic (exact) mass is 318 g/mol. The highest BCUT2D eigenvalue weighted by atomic mass is 16.2. The number of amides is 1. The lowest BCUT2D eigenvalue weighted by Crippen LogP contribution is -2.28. The van der Waals surface area contributed by atoms with E-state index in [1.165, 1.54) is 10.6 Å². The fourth-order valence-electron chi connectivity index (χ4n) is 2.52. The number of pyridine rings is 1. The maximum absolute atomic E-state index is 12.5. The van der Waals surface area contributed by atoms with Gasteiger partial charge in [0, 0.05) is 18.0 Å². The largest absolute Gasteiger partial charge is 0.345 e. The van der Waals surface area contributed by atoms with Crippen LogP contribution in [0.3, 0.4) is 0 Å². The van der Waals surface area contributed by atoms with Crippen LogP contribution in [0.15, 0.2) is 83.8 Å². The molecule has 24 heavy (non-hydrogen) atoms. The molecule has 0 aliphatic heterocycles. The van der Waals surface area contributed by atoms with E-state index in [9.17, 15) is 9.59 Å². The average Bonchev–Trinajstić information content (AvgIpc) is 2.63. The number of benzene rings is 2. The highest BCUT2D eigenvalue weighted by Crippen LogP contribution is 2.12. The third-order valence-corrected chi connectivity index (χ3v) is 3.85. The molecule has 4 nitrogen and oxygen atoms in total. The van der Waals surface area contributed by atoms with E-state index in [1.807, 2.05) is 67.6 Å². The zero-order valence-corrected chi connectivity index (χ0v) is 13.3. The topological polar surface area (TPSA) is 51.1 Å². The summed E-state index contributed by atoms with van der Waals surface area (Å²) >= 11 is 0. The summed E-state index contributed by atoms with van der Waals surface area (Å²) in [5.74, 6) is -0.212. The zero-order valence-electron chi connectivity index (χ0n) is 13.3. The predicted octanol–water partition coefficient (Wildman–Crippen LogP) is 3.33. The predicted molar refractivity (Wildman–Crippen MR) is 94.4 cm³/mol. The van der Waals surface area contributed by atoms with Crippen molar-refractivity contribution in [1.29, 1.82) is 0 Å². The molecule has 1 aromatic heterocycles. The highest BCUT2D eigenvalue weighted by molar-refractivity contribution is 5.94. The lowest BCUT2D eigenvalue weighted by molar-refractivity contribution is 0.0939. The molecule has 1 unspecified atom stereocenters. The van der Waals surface area contributed by atoms with Gasteiger partial charge in [-0.1, -0.05) is 48.5 Å². The van der Waals surface area contributed by atoms with Crippen molar-refractivity contribution in [1.82, 2.24) is 9.88 Å². The molecule has 0 fully saturated rings. The molecule has 4 heteroatoms. The minimum atomic E-state index is -0.212. The van der Waals surface area contributed by atoms with Crippen molar-refractivity contribution >= 4 is 5.91 Å². The summed E-state index contributed by atoms with van der Waals surface area (Å²) < 4.78 is 1.47. The fraction of sp³-hybridized carbons (Fsp3) is 0.100. The second kappa shape index (κ2) is 6.96. The Labute approximate surface area is 140 Å². The van der Waals surface area contributed by atoms with Gasteiger partial charge >= 0.3 is 0 Å². The second-order valence-electron chi connectivity index (χ2n) is 5.57. The quantitative estimate of drug-likeness (QED) is 0.802. The standard InChI is InChI=1S/C20H18N2O2/c1-15(16-8-4-2-5-9-16)21-20(24)17-12-13-19(23)22(14-17)18-10-6-3-7-11-18/h2-15H,1H3,(H,21,24). The molecule has 1 N–H and O–H groups in total. The Hall–Kier alpha value is -3.14. The van der Waals surface area contributed by atoms with Gasteiger partial charge in [0.25, 0.3) is 11.5 Å². The lowest BCUT2D eigenvalue weighted by atomic mass is 10.1. The smallest absolute Gasteiger partial charge is 0.255 e. The summed E-state index contributed by atoms with van der Waals surface area (Å²) in [6.07, 6.45) is 1.57. The van der Waals surface area contributed by atoms with Gasteiger partial charge in [0.2, 0.25) is 0 Å². The van der Waals surface area contributed by atoms with Gasteiger partial charge in [0.1, 0.15) is 0 Å². The number of aromatic nitrogens is 1. The molecule has 0 aliphatic rings. The van der Waals surface area contributed by atoms with Gasteiger partial charge < -0.3 is 5.32 Å². The molecule has 3 aromatic rings. The van der Waals surface area contributed by atoms with Crippen molar-refractivity contribution in [2.24, 2.45) is 0 Å². The van der Waals surface area contributed by atoms with Gasteiger partial charge in [-0.3, -0.25) is 14.2 Å². The number of nitrogens with one attached hydrogen (secondary N) is 1. The Morgan fingerprint density at radius 3 is 2.21 bits per heavy atom. The molecule has 1 amide bonds. The van der Waals surface area contributed by atoms with Crippen molar-refractivity contribution in [3.63, 3.8) is 0 Å². The Morgan fingerprint density at radius 2 is 1.54 bits per heavy atom. The molecule has 1 atom stereocenters. The molecule has 0 radical (unpaired) electrons. The molecule has 1 heterocycles. The van der Waals surface area contributed by atoms with E-state index >= 15 is 0 Å². The molecule has 2 aromatic carbocycles. The van der Waals surface area contributed by atoms with E-state index < -0.39 is 0 Å². The van der Waals surface area contributed by atoms with Crippen molar-refractivity contribution in [3.05, 3.63) is 100 Å². The van der Waals surface area contributed by atoms with Crippen LogP contribution in [0.2, 0.25) is 0 Å². The SMILES string of the molecule is CC(NC(=O)c1ccc(=O)n(-c2ccccc2)c1)c1ccccc1. The van der Waals surface area contributed by atoms with Crippen LogP contribution in [0.4, 0.5) is 0 Å². The van der Waals surface area contributed by atoms with Crippen LogP contribution in [-0.2, 0) is 0 Å². The molecule has 0 saturated heterocycles. The van der Waals surface area contributed by atoms with Crippen LogP contribution < -0.4 is 10.9 Å². The number of nitrogens with zero attached hydrogens (tertiary/aromatic N) is 1. The van der Waals surface area contributed by atoms with Gasteiger partial charge in [-0.25, -0.2) is 0 Å². The molecule has 120 valence electrons. The van der Waals surface area contributed by atoms with E-state index in [1.54, 1.807) is 12.3 Å². The second-order valence-corrected chi connectivity index (χ2v) is 5.57. The number of rotatable bonds is 4. The molecular weight excluding hydrogens is 300 g/mol. The fourth-order valence-corrected chi connectivity index (χ4v) is 2.52. The summed E-state index contributed by atoms with van der Waals surface area (Å²) in [5.41, 5.74) is 2.03. The van der Waals surface area contributed by atoms with Crippen molar-refractivity contribution in [3.8, 4) is 5.69 Å². The first-order valence-corrected chi connectivity index (χ1v) is 7.79. The van der Waals surface area contributed by atoms with Gasteiger partial charge in [-0.2, -0.15) is 0 Å². The molecule has 0 spiro atoms. The zero-order chi connectivity index (χ0) is 16.9. The van der Waals surface area contributed by atoms with Crippen LogP contribution in [0, 0.1) is 0 Å². The molecule has 0 aliphatic carbocycles. The van der Waals surface area contributed by atoms with Crippen LogP contribution in [0.5, 0.6) is 0 Å². The molecule has 3 rings (SSSR count). The third kappa shape index (κ3) is 3.43. The van der Waals surface area contributed by atoms with Crippen molar-refractivity contribution in [2.45, 2.75) is 13.0 Å². The summed E-state index contributed by atoms with van der Waals surface area (Å²) in [6, 6.07) is 21.8. The van der Waals surface area contributed by atoms with Crippen LogP contribution >= 0.6 is 0 Å². The van der Waals surface area contributed by atoms with E-state index in [0.717, 1.165) is 11.3 Å². The van der Waals surface area contributed by atoms with Gasteiger partial charge in [0.05, 0.1) is 11.6 Å². The first-order chi connectivity index (χ1) is 11.6. The number of para-hydroxylation sites is 1. The Balaban J connectivity index is 1.85. The number of carbonyl (C=O) groups excluding carboxylic acids is 1. The highest BCUT2D eigenvalue weighted by Gasteiger charge is 2.12. The minimum Gasteiger partial charge on any atom is -0.345 e. The van der Waals surface area contributed by atoms with Crippen molar-refractivity contribution in [2.75, 3.05) is 0 Å². The Kier molecular flexibility index (Phi) is 4.57. The van der Waals surface area contributed by atoms with Crippen LogP contribution in [0.25, 0.3) is 5.69 Å². The number of hydrogen-bond donors (Lipinski definition) is 1. The van der Waals surface area contributed by atoms with Gasteiger partial charge in [-0.15, -0.1) is 0 Å². The summed E-state index contributed by atoms with van der Waals surface area (Å²) in [6.45, 7) is 1.93. The molecule has 0 bridgehead atoms. The normalized spacial score (nSPS) is 11.7. The van der Waals surface area contributed by atoms with Gasteiger partial charge in [-0.05, 0) is 30.7 Å². The maximum atomic E-state index is 12.5. The summed E-state index contributed by atoms with van der Waals surface area (Å²) in [5, 5.41) is 2.96.